The van der Waals surface area contributed by atoms with Gasteiger partial charge < -0.3 is 4.42 Å². The Morgan fingerprint density at radius 1 is 1.00 bits per heavy atom. The van der Waals surface area contributed by atoms with E-state index in [0.29, 0.717) is 0 Å². The van der Waals surface area contributed by atoms with Gasteiger partial charge in [0.05, 0.1) is 11.5 Å². The third-order valence-electron chi connectivity index (χ3n) is 2.39. The molecule has 0 atom stereocenters. The molecule has 2 aromatic rings. The molecular weight excluding hydrogens is 334 g/mol. The van der Waals surface area contributed by atoms with Crippen molar-refractivity contribution >= 4 is 20.2 Å². The lowest BCUT2D eigenvalue weighted by Gasteiger charge is -1.94. The van der Waals surface area contributed by atoms with Gasteiger partial charge in [-0.05, 0) is 6.92 Å². The van der Waals surface area contributed by atoms with E-state index in [1.807, 2.05) is 37.3 Å². The minimum Gasteiger partial charge on any atom is -0.448 e. The fourth-order valence-corrected chi connectivity index (χ4v) is 3.07. The average Bonchev–Trinajstić information content (AvgIpc) is 2.83. The molecule has 10 heteroatoms. The zero-order valence-corrected chi connectivity index (χ0v) is 13.2. The Kier molecular flexibility index (Phi) is 6.23. The number of rotatable bonds is 4. The fraction of sp³-hybridized carbons (Fsp3) is 0.250. The molecule has 0 amide bonds. The summed E-state index contributed by atoms with van der Waals surface area (Å²) in [7, 11) is -8.59. The Labute approximate surface area is 128 Å². The maximum absolute atomic E-state index is 9.86. The van der Waals surface area contributed by atoms with Crippen LogP contribution in [0.15, 0.2) is 41.1 Å². The fourth-order valence-electron chi connectivity index (χ4n) is 1.39. The molecule has 1 aromatic heterocycles. The molecule has 22 heavy (non-hydrogen) atoms. The molecule has 2 rings (SSSR count). The SMILES string of the molecule is Cc1ocnc1-c1ccccc1.O=S(=O)(O)CCS(=O)(=O)O. The molecule has 8 nitrogen and oxygen atoms in total. The highest BCUT2D eigenvalue weighted by Gasteiger charge is 2.11. The molecule has 122 valence electrons. The number of benzene rings is 1. The van der Waals surface area contributed by atoms with Crippen LogP contribution in [0, 0.1) is 6.92 Å². The topological polar surface area (TPSA) is 135 Å². The van der Waals surface area contributed by atoms with Crippen LogP contribution in [0.1, 0.15) is 5.76 Å². The smallest absolute Gasteiger partial charge is 0.265 e. The van der Waals surface area contributed by atoms with E-state index in [-0.39, 0.29) is 0 Å². The molecule has 1 aromatic carbocycles. The third kappa shape index (κ3) is 7.31. The van der Waals surface area contributed by atoms with Gasteiger partial charge in [0.25, 0.3) is 20.2 Å². The maximum Gasteiger partial charge on any atom is 0.265 e. The first-order valence-electron chi connectivity index (χ1n) is 5.94. The van der Waals surface area contributed by atoms with E-state index < -0.39 is 31.7 Å². The van der Waals surface area contributed by atoms with E-state index in [9.17, 15) is 16.8 Å². The van der Waals surface area contributed by atoms with Crippen LogP contribution in [0.4, 0.5) is 0 Å². The van der Waals surface area contributed by atoms with Gasteiger partial charge in [0.2, 0.25) is 0 Å². The maximum atomic E-state index is 9.86. The normalized spacial score (nSPS) is 11.6. The van der Waals surface area contributed by atoms with E-state index in [0.717, 1.165) is 17.0 Å². The average molecular weight is 349 g/mol. The third-order valence-corrected chi connectivity index (χ3v) is 4.09. The largest absolute Gasteiger partial charge is 0.448 e. The van der Waals surface area contributed by atoms with Gasteiger partial charge in [-0.1, -0.05) is 30.3 Å². The molecule has 0 aliphatic carbocycles. The summed E-state index contributed by atoms with van der Waals surface area (Å²) in [6, 6.07) is 10.0. The number of aromatic nitrogens is 1. The highest BCUT2D eigenvalue weighted by Crippen LogP contribution is 2.20. The van der Waals surface area contributed by atoms with Crippen LogP contribution in [-0.4, -0.2) is 42.4 Å². The lowest BCUT2D eigenvalue weighted by atomic mass is 10.1. The number of hydrogen-bond acceptors (Lipinski definition) is 6. The van der Waals surface area contributed by atoms with Crippen LogP contribution < -0.4 is 0 Å². The van der Waals surface area contributed by atoms with Crippen molar-refractivity contribution in [2.75, 3.05) is 11.5 Å². The predicted molar refractivity (Wildman–Crippen MR) is 79.5 cm³/mol. The van der Waals surface area contributed by atoms with E-state index >= 15 is 0 Å². The zero-order valence-electron chi connectivity index (χ0n) is 11.6. The first kappa shape index (κ1) is 18.3. The minimum absolute atomic E-state index is 0.862. The number of nitrogens with zero attached hydrogens (tertiary/aromatic N) is 1. The molecule has 0 fully saturated rings. The van der Waals surface area contributed by atoms with E-state index in [4.69, 9.17) is 13.5 Å². The Bertz CT molecular complexity index is 763. The predicted octanol–water partition coefficient (Wildman–Crippen LogP) is 1.41. The quantitative estimate of drug-likeness (QED) is 0.791. The monoisotopic (exact) mass is 349 g/mol. The zero-order chi connectivity index (χ0) is 16.8. The minimum atomic E-state index is -4.30. The molecule has 1 heterocycles. The molecule has 0 unspecified atom stereocenters. The summed E-state index contributed by atoms with van der Waals surface area (Å²) in [5.41, 5.74) is 2.03. The second-order valence-electron chi connectivity index (χ2n) is 4.20. The number of oxazole rings is 1. The van der Waals surface area contributed by atoms with Crippen molar-refractivity contribution in [2.24, 2.45) is 0 Å². The lowest BCUT2D eigenvalue weighted by molar-refractivity contribution is 0.472. The first-order valence-corrected chi connectivity index (χ1v) is 9.16. The van der Waals surface area contributed by atoms with Crippen LogP contribution >= 0.6 is 0 Å². The molecule has 0 saturated heterocycles. The number of aryl methyl sites for hydroxylation is 1. The molecule has 0 aliphatic rings. The van der Waals surface area contributed by atoms with E-state index in [2.05, 4.69) is 4.98 Å². The Balaban J connectivity index is 0.000000225. The van der Waals surface area contributed by atoms with Crippen molar-refractivity contribution < 1.29 is 30.4 Å². The van der Waals surface area contributed by atoms with Crippen molar-refractivity contribution in [2.45, 2.75) is 6.92 Å². The van der Waals surface area contributed by atoms with Crippen molar-refractivity contribution in [3.8, 4) is 11.3 Å². The van der Waals surface area contributed by atoms with Crippen molar-refractivity contribution in [1.29, 1.82) is 0 Å². The van der Waals surface area contributed by atoms with Gasteiger partial charge in [-0.15, -0.1) is 0 Å². The van der Waals surface area contributed by atoms with Gasteiger partial charge in [-0.2, -0.15) is 16.8 Å². The molecule has 0 spiro atoms. The van der Waals surface area contributed by atoms with E-state index in [1.165, 1.54) is 6.39 Å². The second kappa shape index (κ2) is 7.49. The van der Waals surface area contributed by atoms with Gasteiger partial charge in [0.15, 0.2) is 6.39 Å². The first-order chi connectivity index (χ1) is 10.1. The summed E-state index contributed by atoms with van der Waals surface area (Å²) in [4.78, 5) is 4.12. The van der Waals surface area contributed by atoms with Gasteiger partial charge in [-0.25, -0.2) is 4.98 Å². The molecule has 0 aliphatic heterocycles. The Morgan fingerprint density at radius 2 is 1.50 bits per heavy atom. The number of hydrogen-bond donors (Lipinski definition) is 2. The summed E-state index contributed by atoms with van der Waals surface area (Å²) in [6.07, 6.45) is 1.47. The summed E-state index contributed by atoms with van der Waals surface area (Å²) in [5.74, 6) is -1.10. The van der Waals surface area contributed by atoms with Crippen LogP contribution in [0.2, 0.25) is 0 Å². The standard InChI is InChI=1S/C10H9NO.C2H6O6S2/c1-8-10(11-7-12-8)9-5-3-2-4-6-9;3-9(4,5)1-2-10(6,7)8/h2-7H,1H3;1-2H2,(H,3,4,5)(H,6,7,8). The highest BCUT2D eigenvalue weighted by atomic mass is 32.2. The van der Waals surface area contributed by atoms with Crippen LogP contribution in [0.3, 0.4) is 0 Å². The van der Waals surface area contributed by atoms with Gasteiger partial charge in [0.1, 0.15) is 11.5 Å². The van der Waals surface area contributed by atoms with Crippen LogP contribution in [0.5, 0.6) is 0 Å². The molecule has 0 radical (unpaired) electrons. The summed E-state index contributed by atoms with van der Waals surface area (Å²) in [5, 5.41) is 0. The molecule has 2 N–H and O–H groups in total. The summed E-state index contributed by atoms with van der Waals surface area (Å²) in [6.45, 7) is 1.91. The van der Waals surface area contributed by atoms with E-state index in [1.54, 1.807) is 0 Å². The van der Waals surface area contributed by atoms with Crippen LogP contribution in [-0.2, 0) is 20.2 Å². The molecule has 0 bridgehead atoms. The van der Waals surface area contributed by atoms with Gasteiger partial charge >= 0.3 is 0 Å². The van der Waals surface area contributed by atoms with Gasteiger partial charge in [0, 0.05) is 5.56 Å². The van der Waals surface area contributed by atoms with Gasteiger partial charge in [-0.3, -0.25) is 9.11 Å². The lowest BCUT2D eigenvalue weighted by Crippen LogP contribution is -2.15. The van der Waals surface area contributed by atoms with Crippen molar-refractivity contribution in [3.05, 3.63) is 42.5 Å². The Hall–Kier alpha value is -1.75. The Morgan fingerprint density at radius 3 is 1.86 bits per heavy atom. The molecular formula is C12H15NO7S2. The highest BCUT2D eigenvalue weighted by molar-refractivity contribution is 7.89. The summed E-state index contributed by atoms with van der Waals surface area (Å²) >= 11 is 0. The summed E-state index contributed by atoms with van der Waals surface area (Å²) < 4.78 is 60.5. The van der Waals surface area contributed by atoms with Crippen molar-refractivity contribution in [1.82, 2.24) is 4.98 Å². The van der Waals surface area contributed by atoms with Crippen LogP contribution in [0.25, 0.3) is 11.3 Å². The molecule has 0 saturated carbocycles. The van der Waals surface area contributed by atoms with Crippen molar-refractivity contribution in [3.63, 3.8) is 0 Å². The second-order valence-corrected chi connectivity index (χ2v) is 7.34.